The van der Waals surface area contributed by atoms with Gasteiger partial charge in [0.05, 0.1) is 11.6 Å². The van der Waals surface area contributed by atoms with Crippen molar-refractivity contribution in [2.24, 2.45) is 0 Å². The van der Waals surface area contributed by atoms with E-state index in [1.807, 2.05) is 12.1 Å². The monoisotopic (exact) mass is 280 g/mol. The van der Waals surface area contributed by atoms with Gasteiger partial charge >= 0.3 is 0 Å². The lowest BCUT2D eigenvalue weighted by atomic mass is 10.1. The summed E-state index contributed by atoms with van der Waals surface area (Å²) in [5.41, 5.74) is 2.08. The van der Waals surface area contributed by atoms with Gasteiger partial charge in [0.15, 0.2) is 0 Å². The van der Waals surface area contributed by atoms with Gasteiger partial charge in [-0.05, 0) is 62.4 Å². The number of nitrogens with zero attached hydrogens (tertiary/aromatic N) is 2. The zero-order valence-electron chi connectivity index (χ0n) is 11.9. The summed E-state index contributed by atoms with van der Waals surface area (Å²) in [7, 11) is 0. The van der Waals surface area contributed by atoms with Crippen molar-refractivity contribution in [3.63, 3.8) is 0 Å². The Morgan fingerprint density at radius 3 is 2.81 bits per heavy atom. The average Bonchev–Trinajstić information content (AvgIpc) is 2.53. The molecule has 4 nitrogen and oxygen atoms in total. The molecule has 1 aliphatic heterocycles. The van der Waals surface area contributed by atoms with E-state index in [4.69, 9.17) is 5.26 Å². The predicted octanol–water partition coefficient (Wildman–Crippen LogP) is 2.24. The number of H-pyrrole nitrogens is 1. The van der Waals surface area contributed by atoms with Crippen LogP contribution in [0.25, 0.3) is 10.9 Å². The highest BCUT2D eigenvalue weighted by molar-refractivity contribution is 5.80. The van der Waals surface area contributed by atoms with Crippen molar-refractivity contribution in [2.75, 3.05) is 19.6 Å². The molecule has 0 atom stereocenters. The van der Waals surface area contributed by atoms with E-state index < -0.39 is 0 Å². The number of piperidine rings is 1. The second kappa shape index (κ2) is 6.11. The van der Waals surface area contributed by atoms with Crippen LogP contribution >= 0.6 is 0 Å². The standard InChI is InChI=1S/C17H18N3O/c18-12-13-4-5-14-11-15(17(21)19-16(14)10-13)6-9-20-7-2-1-3-8-20/h1,4-5,10-11H,2-3,6-9H2,(H,19,21). The van der Waals surface area contributed by atoms with Crippen LogP contribution in [0.5, 0.6) is 0 Å². The second-order valence-corrected chi connectivity index (χ2v) is 5.50. The third-order valence-corrected chi connectivity index (χ3v) is 4.05. The summed E-state index contributed by atoms with van der Waals surface area (Å²) in [6.45, 7) is 3.12. The van der Waals surface area contributed by atoms with Gasteiger partial charge in [-0.3, -0.25) is 4.79 Å². The summed E-state index contributed by atoms with van der Waals surface area (Å²) in [5.74, 6) is 0. The number of aromatic amines is 1. The van der Waals surface area contributed by atoms with Crippen molar-refractivity contribution >= 4 is 10.9 Å². The van der Waals surface area contributed by atoms with Gasteiger partial charge < -0.3 is 9.88 Å². The lowest BCUT2D eigenvalue weighted by molar-refractivity contribution is 0.257. The zero-order chi connectivity index (χ0) is 14.7. The number of likely N-dealkylation sites (tertiary alicyclic amines) is 1. The molecule has 2 heterocycles. The first-order chi connectivity index (χ1) is 10.3. The Balaban J connectivity index is 1.80. The highest BCUT2D eigenvalue weighted by Gasteiger charge is 2.11. The molecule has 0 bridgehead atoms. The number of nitrogens with one attached hydrogen (secondary N) is 1. The Morgan fingerprint density at radius 2 is 2.05 bits per heavy atom. The molecule has 1 fully saturated rings. The van der Waals surface area contributed by atoms with E-state index in [-0.39, 0.29) is 5.56 Å². The van der Waals surface area contributed by atoms with Gasteiger partial charge in [-0.1, -0.05) is 6.07 Å². The van der Waals surface area contributed by atoms with E-state index >= 15 is 0 Å². The number of fused-ring (bicyclic) bond motifs is 1. The molecule has 0 amide bonds. The van der Waals surface area contributed by atoms with E-state index in [1.54, 1.807) is 12.1 Å². The van der Waals surface area contributed by atoms with Gasteiger partial charge in [-0.2, -0.15) is 5.26 Å². The van der Waals surface area contributed by atoms with Crippen LogP contribution in [0.15, 0.2) is 29.1 Å². The molecule has 1 aromatic carbocycles. The molecule has 107 valence electrons. The molecule has 21 heavy (non-hydrogen) atoms. The number of hydrogen-bond donors (Lipinski definition) is 1. The van der Waals surface area contributed by atoms with Crippen molar-refractivity contribution < 1.29 is 0 Å². The molecular weight excluding hydrogens is 262 g/mol. The molecule has 0 unspecified atom stereocenters. The quantitative estimate of drug-likeness (QED) is 0.938. The van der Waals surface area contributed by atoms with Crippen LogP contribution in [0.1, 0.15) is 24.0 Å². The fourth-order valence-electron chi connectivity index (χ4n) is 2.81. The molecule has 4 heteroatoms. The Bertz CT molecular complexity index is 736. The van der Waals surface area contributed by atoms with E-state index in [1.165, 1.54) is 0 Å². The van der Waals surface area contributed by atoms with Crippen LogP contribution in [0.2, 0.25) is 0 Å². The van der Waals surface area contributed by atoms with E-state index in [9.17, 15) is 4.79 Å². The van der Waals surface area contributed by atoms with Crippen molar-refractivity contribution in [3.8, 4) is 6.07 Å². The maximum Gasteiger partial charge on any atom is 0.251 e. The summed E-state index contributed by atoms with van der Waals surface area (Å²) in [4.78, 5) is 17.4. The molecule has 2 aromatic rings. The van der Waals surface area contributed by atoms with Gasteiger partial charge in [-0.25, -0.2) is 0 Å². The molecule has 0 spiro atoms. The first-order valence-corrected chi connectivity index (χ1v) is 7.36. The fraction of sp³-hybridized carbons (Fsp3) is 0.353. The number of pyridine rings is 1. The Labute approximate surface area is 124 Å². The highest BCUT2D eigenvalue weighted by Crippen LogP contribution is 2.14. The topological polar surface area (TPSA) is 59.9 Å². The minimum absolute atomic E-state index is 0.0406. The van der Waals surface area contributed by atoms with Crippen LogP contribution in [0.3, 0.4) is 0 Å². The number of rotatable bonds is 3. The highest BCUT2D eigenvalue weighted by atomic mass is 16.1. The van der Waals surface area contributed by atoms with Crippen LogP contribution in [-0.4, -0.2) is 29.5 Å². The van der Waals surface area contributed by atoms with Crippen molar-refractivity contribution in [2.45, 2.75) is 19.3 Å². The first-order valence-electron chi connectivity index (χ1n) is 7.36. The van der Waals surface area contributed by atoms with Crippen LogP contribution in [0.4, 0.5) is 0 Å². The van der Waals surface area contributed by atoms with Gasteiger partial charge in [0.1, 0.15) is 0 Å². The van der Waals surface area contributed by atoms with E-state index in [0.29, 0.717) is 5.56 Å². The SMILES string of the molecule is N#Cc1ccc2cc(CCN3CC[CH]CC3)c(=O)[nH]c2c1. The van der Waals surface area contributed by atoms with Crippen LogP contribution in [0, 0.1) is 17.8 Å². The minimum Gasteiger partial charge on any atom is -0.322 e. The molecule has 0 saturated carbocycles. The third-order valence-electron chi connectivity index (χ3n) is 4.05. The smallest absolute Gasteiger partial charge is 0.251 e. The summed E-state index contributed by atoms with van der Waals surface area (Å²) in [5, 5.41) is 9.88. The third kappa shape index (κ3) is 3.14. The molecule has 1 aliphatic rings. The summed E-state index contributed by atoms with van der Waals surface area (Å²) in [6, 6.07) is 9.44. The number of nitriles is 1. The van der Waals surface area contributed by atoms with Crippen molar-refractivity contribution in [3.05, 3.63) is 52.2 Å². The maximum absolute atomic E-state index is 12.1. The van der Waals surface area contributed by atoms with E-state index in [2.05, 4.69) is 22.4 Å². The Kier molecular flexibility index (Phi) is 4.03. The van der Waals surface area contributed by atoms with E-state index in [0.717, 1.165) is 55.4 Å². The fourth-order valence-corrected chi connectivity index (χ4v) is 2.81. The Hall–Kier alpha value is -2.12. The first kappa shape index (κ1) is 13.8. The summed E-state index contributed by atoms with van der Waals surface area (Å²) < 4.78 is 0. The van der Waals surface area contributed by atoms with Crippen molar-refractivity contribution in [1.82, 2.24) is 9.88 Å². The van der Waals surface area contributed by atoms with Crippen LogP contribution < -0.4 is 5.56 Å². The van der Waals surface area contributed by atoms with Gasteiger partial charge in [0.25, 0.3) is 5.56 Å². The summed E-state index contributed by atoms with van der Waals surface area (Å²) >= 11 is 0. The molecule has 3 rings (SSSR count). The minimum atomic E-state index is -0.0406. The number of aromatic nitrogens is 1. The summed E-state index contributed by atoms with van der Waals surface area (Å²) in [6.07, 6.45) is 5.38. The number of hydrogen-bond acceptors (Lipinski definition) is 3. The molecule has 1 N–H and O–H groups in total. The molecular formula is C17H18N3O. The largest absolute Gasteiger partial charge is 0.322 e. The normalized spacial score (nSPS) is 16.0. The predicted molar refractivity (Wildman–Crippen MR) is 83.0 cm³/mol. The van der Waals surface area contributed by atoms with Gasteiger partial charge in [-0.15, -0.1) is 0 Å². The maximum atomic E-state index is 12.1. The van der Waals surface area contributed by atoms with Crippen LogP contribution in [-0.2, 0) is 6.42 Å². The second-order valence-electron chi connectivity index (χ2n) is 5.50. The van der Waals surface area contributed by atoms with Gasteiger partial charge in [0.2, 0.25) is 0 Å². The van der Waals surface area contributed by atoms with Gasteiger partial charge in [0, 0.05) is 17.6 Å². The zero-order valence-corrected chi connectivity index (χ0v) is 11.9. The van der Waals surface area contributed by atoms with Crippen molar-refractivity contribution in [1.29, 1.82) is 5.26 Å². The Morgan fingerprint density at radius 1 is 1.24 bits per heavy atom. The molecule has 1 saturated heterocycles. The molecule has 1 radical (unpaired) electrons. The number of benzene rings is 1. The average molecular weight is 280 g/mol. The molecule has 1 aromatic heterocycles. The molecule has 0 aliphatic carbocycles. The lowest BCUT2D eigenvalue weighted by Crippen LogP contribution is -2.32. The lowest BCUT2D eigenvalue weighted by Gasteiger charge is -2.26.